The fourth-order valence-electron chi connectivity index (χ4n) is 2.33. The summed E-state index contributed by atoms with van der Waals surface area (Å²) in [7, 11) is 0. The summed E-state index contributed by atoms with van der Waals surface area (Å²) in [5.74, 6) is 1.59. The van der Waals surface area contributed by atoms with Crippen molar-refractivity contribution in [2.45, 2.75) is 32.7 Å². The summed E-state index contributed by atoms with van der Waals surface area (Å²) < 4.78 is 2.17. The highest BCUT2D eigenvalue weighted by atomic mass is 15.1. The summed E-state index contributed by atoms with van der Waals surface area (Å²) in [5.41, 5.74) is 9.47. The maximum absolute atomic E-state index is 5.98. The normalized spacial score (nSPS) is 15.8. The zero-order chi connectivity index (χ0) is 11.1. The van der Waals surface area contributed by atoms with Gasteiger partial charge in [0.1, 0.15) is 0 Å². The van der Waals surface area contributed by atoms with E-state index >= 15 is 0 Å². The van der Waals surface area contributed by atoms with E-state index in [1.807, 2.05) is 12.1 Å². The molecule has 1 aliphatic rings. The number of aromatic nitrogens is 2. The molecule has 0 radical (unpaired) electrons. The lowest BCUT2D eigenvalue weighted by atomic mass is 10.2. The van der Waals surface area contributed by atoms with E-state index in [0.29, 0.717) is 5.95 Å². The first-order chi connectivity index (χ1) is 7.75. The van der Waals surface area contributed by atoms with Crippen LogP contribution in [0, 0.1) is 12.8 Å². The van der Waals surface area contributed by atoms with Crippen molar-refractivity contribution in [3.05, 3.63) is 23.8 Å². The summed E-state index contributed by atoms with van der Waals surface area (Å²) >= 11 is 0. The van der Waals surface area contributed by atoms with Crippen LogP contribution >= 0.6 is 0 Å². The summed E-state index contributed by atoms with van der Waals surface area (Å²) in [5, 5.41) is 0. The second-order valence-corrected chi connectivity index (χ2v) is 4.80. The number of aryl methyl sites for hydroxylation is 2. The van der Waals surface area contributed by atoms with E-state index in [9.17, 15) is 0 Å². The van der Waals surface area contributed by atoms with Gasteiger partial charge >= 0.3 is 0 Å². The highest BCUT2D eigenvalue weighted by Gasteiger charge is 2.21. The van der Waals surface area contributed by atoms with Gasteiger partial charge in [-0.15, -0.1) is 0 Å². The van der Waals surface area contributed by atoms with E-state index < -0.39 is 0 Å². The van der Waals surface area contributed by atoms with E-state index in [0.717, 1.165) is 18.0 Å². The highest BCUT2D eigenvalue weighted by Crippen LogP contribution is 2.33. The Kier molecular flexibility index (Phi) is 2.13. The molecule has 0 saturated heterocycles. The fraction of sp³-hybridized carbons (Fsp3) is 0.462. The standard InChI is InChI=1S/C13H17N3/c1-9-3-2-4-11-12(9)16(13(14)15-11)8-7-10-5-6-10/h2-4,10H,5-8H2,1H3,(H2,14,15). The number of para-hydroxylation sites is 1. The third kappa shape index (κ3) is 1.56. The van der Waals surface area contributed by atoms with Gasteiger partial charge in [0.15, 0.2) is 0 Å². The van der Waals surface area contributed by atoms with Crippen LogP contribution in [0.15, 0.2) is 18.2 Å². The van der Waals surface area contributed by atoms with Crippen LogP contribution < -0.4 is 5.73 Å². The van der Waals surface area contributed by atoms with Crippen LogP contribution in [0.25, 0.3) is 11.0 Å². The topological polar surface area (TPSA) is 43.8 Å². The van der Waals surface area contributed by atoms with Crippen molar-refractivity contribution in [3.63, 3.8) is 0 Å². The first-order valence-electron chi connectivity index (χ1n) is 5.97. The molecular formula is C13H17N3. The molecular weight excluding hydrogens is 198 g/mol. The largest absolute Gasteiger partial charge is 0.369 e. The van der Waals surface area contributed by atoms with Crippen LogP contribution in [0.3, 0.4) is 0 Å². The Labute approximate surface area is 95.3 Å². The molecule has 2 N–H and O–H groups in total. The number of nitrogen functional groups attached to an aromatic ring is 1. The van der Waals surface area contributed by atoms with Crippen molar-refractivity contribution in [3.8, 4) is 0 Å². The minimum atomic E-state index is 0.657. The Morgan fingerprint density at radius 3 is 3.00 bits per heavy atom. The zero-order valence-corrected chi connectivity index (χ0v) is 9.61. The molecule has 0 unspecified atom stereocenters. The Bertz CT molecular complexity index is 523. The van der Waals surface area contributed by atoms with Gasteiger partial charge in [0, 0.05) is 6.54 Å². The summed E-state index contributed by atoms with van der Waals surface area (Å²) in [6, 6.07) is 6.19. The van der Waals surface area contributed by atoms with E-state index in [-0.39, 0.29) is 0 Å². The number of rotatable bonds is 3. The molecule has 0 amide bonds. The highest BCUT2D eigenvalue weighted by molar-refractivity contribution is 5.81. The number of hydrogen-bond acceptors (Lipinski definition) is 2. The van der Waals surface area contributed by atoms with Gasteiger partial charge in [0.25, 0.3) is 0 Å². The van der Waals surface area contributed by atoms with E-state index in [1.165, 1.54) is 30.3 Å². The quantitative estimate of drug-likeness (QED) is 0.855. The molecule has 0 bridgehead atoms. The molecule has 84 valence electrons. The zero-order valence-electron chi connectivity index (χ0n) is 9.61. The number of benzene rings is 1. The molecule has 16 heavy (non-hydrogen) atoms. The van der Waals surface area contributed by atoms with Crippen molar-refractivity contribution in [1.29, 1.82) is 0 Å². The molecule has 0 atom stereocenters. The van der Waals surface area contributed by atoms with E-state index in [1.54, 1.807) is 0 Å². The van der Waals surface area contributed by atoms with E-state index in [4.69, 9.17) is 5.73 Å². The van der Waals surface area contributed by atoms with Gasteiger partial charge in [-0.05, 0) is 30.9 Å². The van der Waals surface area contributed by atoms with Gasteiger partial charge in [0.2, 0.25) is 5.95 Å². The van der Waals surface area contributed by atoms with Gasteiger partial charge in [-0.3, -0.25) is 0 Å². The van der Waals surface area contributed by atoms with Gasteiger partial charge in [0.05, 0.1) is 11.0 Å². The van der Waals surface area contributed by atoms with Crippen molar-refractivity contribution < 1.29 is 0 Å². The molecule has 1 saturated carbocycles. The molecule has 1 aromatic heterocycles. The van der Waals surface area contributed by atoms with Crippen molar-refractivity contribution in [1.82, 2.24) is 9.55 Å². The molecule has 1 aliphatic carbocycles. The van der Waals surface area contributed by atoms with Crippen molar-refractivity contribution in [2.24, 2.45) is 5.92 Å². The molecule has 2 aromatic rings. The molecule has 0 aliphatic heterocycles. The van der Waals surface area contributed by atoms with Crippen LogP contribution in [-0.4, -0.2) is 9.55 Å². The van der Waals surface area contributed by atoms with Crippen LogP contribution in [0.2, 0.25) is 0 Å². The number of hydrogen-bond donors (Lipinski definition) is 1. The Hall–Kier alpha value is -1.51. The third-order valence-corrected chi connectivity index (χ3v) is 3.46. The average molecular weight is 215 g/mol. The van der Waals surface area contributed by atoms with Crippen molar-refractivity contribution in [2.75, 3.05) is 5.73 Å². The lowest BCUT2D eigenvalue weighted by molar-refractivity contribution is 0.613. The first-order valence-corrected chi connectivity index (χ1v) is 5.97. The first kappa shape index (κ1) is 9.70. The van der Waals surface area contributed by atoms with Crippen LogP contribution in [0.1, 0.15) is 24.8 Å². The second kappa shape index (κ2) is 3.51. The number of fused-ring (bicyclic) bond motifs is 1. The maximum atomic E-state index is 5.98. The number of nitrogens with two attached hydrogens (primary N) is 1. The number of imidazole rings is 1. The minimum Gasteiger partial charge on any atom is -0.369 e. The lowest BCUT2D eigenvalue weighted by Crippen LogP contribution is -2.04. The van der Waals surface area contributed by atoms with Crippen molar-refractivity contribution >= 4 is 17.0 Å². The Morgan fingerprint density at radius 1 is 1.44 bits per heavy atom. The predicted octanol–water partition coefficient (Wildman–Crippen LogP) is 2.73. The minimum absolute atomic E-state index is 0.657. The SMILES string of the molecule is Cc1cccc2nc(N)n(CCC3CC3)c12. The Morgan fingerprint density at radius 2 is 2.25 bits per heavy atom. The summed E-state index contributed by atoms with van der Waals surface area (Å²) in [4.78, 5) is 4.41. The Balaban J connectivity index is 2.02. The third-order valence-electron chi connectivity index (χ3n) is 3.46. The van der Waals surface area contributed by atoms with Crippen LogP contribution in [0.5, 0.6) is 0 Å². The molecule has 1 aromatic carbocycles. The van der Waals surface area contributed by atoms with Gasteiger partial charge in [-0.2, -0.15) is 0 Å². The van der Waals surface area contributed by atoms with E-state index in [2.05, 4.69) is 22.5 Å². The number of anilines is 1. The fourth-order valence-corrected chi connectivity index (χ4v) is 2.33. The lowest BCUT2D eigenvalue weighted by Gasteiger charge is -2.07. The molecule has 1 heterocycles. The molecule has 0 spiro atoms. The molecule has 1 fully saturated rings. The van der Waals surface area contributed by atoms with Gasteiger partial charge < -0.3 is 10.3 Å². The summed E-state index contributed by atoms with van der Waals surface area (Å²) in [6.45, 7) is 3.13. The van der Waals surface area contributed by atoms with Crippen LogP contribution in [-0.2, 0) is 6.54 Å². The van der Waals surface area contributed by atoms with Gasteiger partial charge in [-0.25, -0.2) is 4.98 Å². The molecule has 3 heteroatoms. The van der Waals surface area contributed by atoms with Gasteiger partial charge in [-0.1, -0.05) is 25.0 Å². The van der Waals surface area contributed by atoms with Crippen LogP contribution in [0.4, 0.5) is 5.95 Å². The number of nitrogens with zero attached hydrogens (tertiary/aromatic N) is 2. The maximum Gasteiger partial charge on any atom is 0.201 e. The molecule has 3 nitrogen and oxygen atoms in total. The monoisotopic (exact) mass is 215 g/mol. The second-order valence-electron chi connectivity index (χ2n) is 4.80. The summed E-state index contributed by atoms with van der Waals surface area (Å²) in [6.07, 6.45) is 4.03. The smallest absolute Gasteiger partial charge is 0.201 e. The average Bonchev–Trinajstić information content (AvgIpc) is 3.00. The predicted molar refractivity (Wildman–Crippen MR) is 66.2 cm³/mol. The molecule has 3 rings (SSSR count).